The maximum Gasteiger partial charge on any atom is 0.330 e. The van der Waals surface area contributed by atoms with Crippen LogP contribution in [0, 0.1) is 11.8 Å². The first-order chi connectivity index (χ1) is 16.7. The molecule has 0 unspecified atom stereocenters. The number of nitrogens with one attached hydrogen (secondary N) is 1. The molecule has 35 heavy (non-hydrogen) atoms. The molecule has 0 aliphatic heterocycles. The molecule has 3 rings (SSSR count). The van der Waals surface area contributed by atoms with Crippen molar-refractivity contribution in [1.82, 2.24) is 9.55 Å². The first-order valence-corrected chi connectivity index (χ1v) is 11.9. The van der Waals surface area contributed by atoms with Crippen molar-refractivity contribution in [3.05, 3.63) is 75.4 Å². The molecule has 0 aliphatic rings. The summed E-state index contributed by atoms with van der Waals surface area (Å²) in [4.78, 5) is 42.1. The molecule has 0 bridgehead atoms. The Morgan fingerprint density at radius 3 is 2.31 bits per heavy atom. The number of aromatic amines is 1. The van der Waals surface area contributed by atoms with Gasteiger partial charge in [0.05, 0.1) is 13.0 Å². The number of carbonyl (C=O) groups excluding carboxylic acids is 1. The zero-order valence-corrected chi connectivity index (χ0v) is 20.8. The maximum atomic E-state index is 13.3. The van der Waals surface area contributed by atoms with E-state index in [1.807, 2.05) is 82.3 Å². The topological polar surface area (TPSA) is 110 Å². The third kappa shape index (κ3) is 6.41. The highest BCUT2D eigenvalue weighted by Gasteiger charge is 2.25. The molecule has 8 nitrogen and oxygen atoms in total. The van der Waals surface area contributed by atoms with Gasteiger partial charge in [0.2, 0.25) is 5.91 Å². The smallest absolute Gasteiger partial charge is 0.330 e. The minimum absolute atomic E-state index is 0.00297. The molecule has 1 aromatic heterocycles. The average Bonchev–Trinajstić information content (AvgIpc) is 2.81. The Morgan fingerprint density at radius 1 is 1.00 bits per heavy atom. The van der Waals surface area contributed by atoms with E-state index in [9.17, 15) is 14.4 Å². The Labute approximate surface area is 205 Å². The molecule has 0 spiro atoms. The third-order valence-electron chi connectivity index (χ3n) is 5.43. The highest BCUT2D eigenvalue weighted by Crippen LogP contribution is 2.29. The Kier molecular flexibility index (Phi) is 8.52. The van der Waals surface area contributed by atoms with Gasteiger partial charge in [-0.15, -0.1) is 0 Å². The minimum atomic E-state index is -0.670. The van der Waals surface area contributed by atoms with E-state index in [4.69, 9.17) is 10.5 Å². The number of amides is 1. The number of benzene rings is 2. The summed E-state index contributed by atoms with van der Waals surface area (Å²) >= 11 is 0. The van der Waals surface area contributed by atoms with Gasteiger partial charge >= 0.3 is 5.69 Å². The van der Waals surface area contributed by atoms with Crippen LogP contribution in [0.4, 0.5) is 11.5 Å². The first-order valence-electron chi connectivity index (χ1n) is 11.9. The number of nitrogens with zero attached hydrogens (tertiary/aromatic N) is 2. The molecule has 0 saturated heterocycles. The van der Waals surface area contributed by atoms with Gasteiger partial charge in [-0.05, 0) is 23.5 Å². The molecule has 0 aliphatic carbocycles. The van der Waals surface area contributed by atoms with Crippen molar-refractivity contribution in [1.29, 1.82) is 0 Å². The van der Waals surface area contributed by atoms with Gasteiger partial charge < -0.3 is 15.4 Å². The van der Waals surface area contributed by atoms with Crippen LogP contribution in [0.3, 0.4) is 0 Å². The van der Waals surface area contributed by atoms with Crippen molar-refractivity contribution < 1.29 is 9.53 Å². The van der Waals surface area contributed by atoms with Crippen molar-refractivity contribution >= 4 is 17.4 Å². The normalized spacial score (nSPS) is 11.1. The van der Waals surface area contributed by atoms with Crippen LogP contribution in [0.25, 0.3) is 11.1 Å². The lowest BCUT2D eigenvalue weighted by Crippen LogP contribution is -2.43. The van der Waals surface area contributed by atoms with Gasteiger partial charge in [0.15, 0.2) is 5.69 Å². The van der Waals surface area contributed by atoms with E-state index < -0.39 is 11.2 Å². The van der Waals surface area contributed by atoms with E-state index in [1.54, 1.807) is 0 Å². The van der Waals surface area contributed by atoms with Crippen LogP contribution in [0.5, 0.6) is 5.75 Å². The van der Waals surface area contributed by atoms with Crippen LogP contribution in [0.1, 0.15) is 34.1 Å². The number of anilines is 2. The molecule has 0 fully saturated rings. The van der Waals surface area contributed by atoms with Crippen molar-refractivity contribution in [2.24, 2.45) is 11.8 Å². The van der Waals surface area contributed by atoms with Gasteiger partial charge in [0.1, 0.15) is 11.6 Å². The molecule has 3 aromatic rings. The standard InChI is InChI=1S/C27H34N4O4/c1-18(2)16-30(24-25(28)31(17-19(3)4)27(34)29-26(24)33)23(32)14-15-35-22-13-9-8-12-21(22)20-10-6-5-7-11-20/h5-13,18-19H,14-17,28H2,1-4H3,(H,29,33,34). The quantitative estimate of drug-likeness (QED) is 0.459. The number of nitrogen functional groups attached to an aromatic ring is 1. The molecule has 2 aromatic carbocycles. The van der Waals surface area contributed by atoms with Gasteiger partial charge in [-0.2, -0.15) is 0 Å². The average molecular weight is 479 g/mol. The number of hydrogen-bond donors (Lipinski definition) is 2. The van der Waals surface area contributed by atoms with Gasteiger partial charge in [0, 0.05) is 18.7 Å². The van der Waals surface area contributed by atoms with E-state index in [2.05, 4.69) is 4.98 Å². The van der Waals surface area contributed by atoms with Crippen LogP contribution in [0.2, 0.25) is 0 Å². The summed E-state index contributed by atoms with van der Waals surface area (Å²) in [5.41, 5.74) is 6.97. The second-order valence-corrected chi connectivity index (χ2v) is 9.36. The van der Waals surface area contributed by atoms with Crippen molar-refractivity contribution in [2.75, 3.05) is 23.8 Å². The summed E-state index contributed by atoms with van der Waals surface area (Å²) in [5, 5.41) is 0. The van der Waals surface area contributed by atoms with Crippen LogP contribution in [-0.4, -0.2) is 28.6 Å². The fraction of sp³-hybridized carbons (Fsp3) is 0.370. The Bertz CT molecular complexity index is 1260. The molecule has 0 atom stereocenters. The number of nitrogens with two attached hydrogens (primary N) is 1. The molecule has 0 saturated carbocycles. The molecule has 1 amide bonds. The summed E-state index contributed by atoms with van der Waals surface area (Å²) in [6.45, 7) is 8.52. The van der Waals surface area contributed by atoms with Gasteiger partial charge in [-0.3, -0.25) is 19.1 Å². The Hall–Kier alpha value is -3.81. The van der Waals surface area contributed by atoms with E-state index in [0.29, 0.717) is 12.3 Å². The van der Waals surface area contributed by atoms with Crippen molar-refractivity contribution in [3.63, 3.8) is 0 Å². The lowest BCUT2D eigenvalue weighted by Gasteiger charge is -2.26. The van der Waals surface area contributed by atoms with E-state index in [-0.39, 0.29) is 48.8 Å². The van der Waals surface area contributed by atoms with Gasteiger partial charge in [-0.1, -0.05) is 76.2 Å². The fourth-order valence-electron chi connectivity index (χ4n) is 3.90. The van der Waals surface area contributed by atoms with E-state index in [0.717, 1.165) is 11.1 Å². The van der Waals surface area contributed by atoms with Crippen LogP contribution < -0.4 is 26.6 Å². The zero-order valence-electron chi connectivity index (χ0n) is 20.8. The van der Waals surface area contributed by atoms with Crippen molar-refractivity contribution in [3.8, 4) is 16.9 Å². The predicted octanol–water partition coefficient (Wildman–Crippen LogP) is 3.90. The summed E-state index contributed by atoms with van der Waals surface area (Å²) in [6.07, 6.45) is 0.0397. The van der Waals surface area contributed by atoms with Gasteiger partial charge in [-0.25, -0.2) is 4.79 Å². The lowest BCUT2D eigenvalue weighted by molar-refractivity contribution is -0.119. The SMILES string of the molecule is CC(C)CN(C(=O)CCOc1ccccc1-c1ccccc1)c1c(N)n(CC(C)C)c(=O)[nH]c1=O. The highest BCUT2D eigenvalue weighted by atomic mass is 16.5. The highest BCUT2D eigenvalue weighted by molar-refractivity contribution is 5.95. The molecule has 186 valence electrons. The number of para-hydroxylation sites is 1. The number of carbonyl (C=O) groups is 1. The fourth-order valence-corrected chi connectivity index (χ4v) is 3.90. The second kappa shape index (κ2) is 11.6. The number of ether oxygens (including phenoxy) is 1. The molecular formula is C27H34N4O4. The monoisotopic (exact) mass is 478 g/mol. The largest absolute Gasteiger partial charge is 0.492 e. The lowest BCUT2D eigenvalue weighted by atomic mass is 10.1. The molecule has 3 N–H and O–H groups in total. The van der Waals surface area contributed by atoms with Crippen molar-refractivity contribution in [2.45, 2.75) is 40.7 Å². The van der Waals surface area contributed by atoms with Gasteiger partial charge in [0.25, 0.3) is 5.56 Å². The van der Waals surface area contributed by atoms with E-state index in [1.165, 1.54) is 9.47 Å². The molecular weight excluding hydrogens is 444 g/mol. The van der Waals surface area contributed by atoms with Crippen LogP contribution >= 0.6 is 0 Å². The zero-order chi connectivity index (χ0) is 25.5. The number of hydrogen-bond acceptors (Lipinski definition) is 5. The number of H-pyrrole nitrogens is 1. The predicted molar refractivity (Wildman–Crippen MR) is 140 cm³/mol. The molecule has 0 radical (unpaired) electrons. The third-order valence-corrected chi connectivity index (χ3v) is 5.43. The molecule has 1 heterocycles. The second-order valence-electron chi connectivity index (χ2n) is 9.36. The number of rotatable bonds is 10. The maximum absolute atomic E-state index is 13.3. The summed E-state index contributed by atoms with van der Waals surface area (Å²) < 4.78 is 7.30. The summed E-state index contributed by atoms with van der Waals surface area (Å²) in [7, 11) is 0. The Balaban J connectivity index is 1.84. The minimum Gasteiger partial charge on any atom is -0.492 e. The van der Waals surface area contributed by atoms with Crippen LogP contribution in [-0.2, 0) is 11.3 Å². The van der Waals surface area contributed by atoms with E-state index >= 15 is 0 Å². The summed E-state index contributed by atoms with van der Waals surface area (Å²) in [5.74, 6) is 0.563. The molecule has 8 heteroatoms. The number of aromatic nitrogens is 2. The summed E-state index contributed by atoms with van der Waals surface area (Å²) in [6, 6.07) is 17.5. The first kappa shape index (κ1) is 25.8. The van der Waals surface area contributed by atoms with Crippen LogP contribution in [0.15, 0.2) is 64.2 Å². The Morgan fingerprint density at radius 2 is 1.66 bits per heavy atom.